The zero-order valence-electron chi connectivity index (χ0n) is 16.1. The summed E-state index contributed by atoms with van der Waals surface area (Å²) in [5, 5.41) is 12.4. The molecule has 4 aromatic rings. The van der Waals surface area contributed by atoms with E-state index in [0.717, 1.165) is 11.3 Å². The largest absolute Gasteiger partial charge is 0.382 e. The molecule has 4 N–H and O–H groups in total. The standard InChI is InChI=1S/C17H14N6O6S3/c1-9-14(16(18)23(22-9)10-4-2-5-11(8-10)31(24,25)26)20-21-17-19-15-12(30-17)6-3-7-13(15)32(27,28)29/h2-8H,18H2,1H3,(H,24,25,26)(H,27,28,29)/b21-20+. The smallest absolute Gasteiger partial charge is 0.296 e. The Bertz CT molecular complexity index is 1600. The Balaban J connectivity index is 1.74. The molecule has 0 amide bonds. The maximum atomic E-state index is 11.5. The van der Waals surface area contributed by atoms with Gasteiger partial charge in [0.25, 0.3) is 20.2 Å². The van der Waals surface area contributed by atoms with Crippen molar-refractivity contribution in [2.45, 2.75) is 16.7 Å². The molecule has 32 heavy (non-hydrogen) atoms. The molecule has 166 valence electrons. The van der Waals surface area contributed by atoms with Crippen LogP contribution in [0.4, 0.5) is 16.6 Å². The summed E-state index contributed by atoms with van der Waals surface area (Å²) >= 11 is 1.06. The maximum Gasteiger partial charge on any atom is 0.296 e. The zero-order chi connectivity index (χ0) is 23.3. The Morgan fingerprint density at radius 2 is 1.75 bits per heavy atom. The van der Waals surface area contributed by atoms with E-state index in [1.54, 1.807) is 19.1 Å². The Morgan fingerprint density at radius 1 is 1.03 bits per heavy atom. The van der Waals surface area contributed by atoms with E-state index in [2.05, 4.69) is 20.3 Å². The molecule has 2 heterocycles. The second kappa shape index (κ2) is 7.72. The number of anilines is 1. The highest BCUT2D eigenvalue weighted by molar-refractivity contribution is 7.86. The molecular formula is C17H14N6O6S3. The van der Waals surface area contributed by atoms with Gasteiger partial charge in [0.05, 0.1) is 21.0 Å². The van der Waals surface area contributed by atoms with Crippen LogP contribution in [0.5, 0.6) is 0 Å². The summed E-state index contributed by atoms with van der Waals surface area (Å²) in [6.45, 7) is 1.61. The Labute approximate surface area is 185 Å². The summed E-state index contributed by atoms with van der Waals surface area (Å²) in [5.41, 5.74) is 7.03. The van der Waals surface area contributed by atoms with Gasteiger partial charge in [-0.2, -0.15) is 21.9 Å². The summed E-state index contributed by atoms with van der Waals surface area (Å²) < 4.78 is 66.2. The minimum Gasteiger partial charge on any atom is -0.382 e. The van der Waals surface area contributed by atoms with Gasteiger partial charge in [0, 0.05) is 0 Å². The van der Waals surface area contributed by atoms with Crippen molar-refractivity contribution in [2.24, 2.45) is 10.2 Å². The molecule has 0 atom stereocenters. The molecule has 0 saturated carbocycles. The lowest BCUT2D eigenvalue weighted by Gasteiger charge is -2.05. The van der Waals surface area contributed by atoms with Gasteiger partial charge in [-0.25, -0.2) is 9.67 Å². The van der Waals surface area contributed by atoms with Crippen LogP contribution in [0.15, 0.2) is 62.5 Å². The molecule has 0 aliphatic rings. The van der Waals surface area contributed by atoms with Crippen LogP contribution in [0.3, 0.4) is 0 Å². The number of fused-ring (bicyclic) bond motifs is 1. The number of nitrogens with zero attached hydrogens (tertiary/aromatic N) is 5. The third kappa shape index (κ3) is 4.11. The molecule has 0 aliphatic heterocycles. The highest BCUT2D eigenvalue weighted by Crippen LogP contribution is 2.35. The minimum atomic E-state index is -4.46. The summed E-state index contributed by atoms with van der Waals surface area (Å²) in [4.78, 5) is 3.45. The maximum absolute atomic E-state index is 11.5. The van der Waals surface area contributed by atoms with Crippen molar-refractivity contribution in [3.63, 3.8) is 0 Å². The number of aromatic nitrogens is 3. The number of nitrogens with two attached hydrogens (primary N) is 1. The van der Waals surface area contributed by atoms with Crippen LogP contribution in [0.2, 0.25) is 0 Å². The molecule has 0 spiro atoms. The monoisotopic (exact) mass is 494 g/mol. The zero-order valence-corrected chi connectivity index (χ0v) is 18.6. The van der Waals surface area contributed by atoms with Crippen molar-refractivity contribution >= 4 is 58.4 Å². The number of thiazole rings is 1. The molecule has 4 rings (SSSR count). The molecule has 15 heteroatoms. The van der Waals surface area contributed by atoms with Crippen LogP contribution in [0.1, 0.15) is 5.69 Å². The van der Waals surface area contributed by atoms with Crippen LogP contribution < -0.4 is 5.73 Å². The Hall–Kier alpha value is -3.24. The Kier molecular flexibility index (Phi) is 5.30. The van der Waals surface area contributed by atoms with E-state index in [4.69, 9.17) is 5.73 Å². The van der Waals surface area contributed by atoms with E-state index in [1.165, 1.54) is 35.0 Å². The molecule has 0 fully saturated rings. The molecule has 2 aromatic heterocycles. The molecule has 0 radical (unpaired) electrons. The first-order valence-corrected chi connectivity index (χ1v) is 12.4. The van der Waals surface area contributed by atoms with Gasteiger partial charge in [0.2, 0.25) is 5.13 Å². The van der Waals surface area contributed by atoms with Crippen LogP contribution in [0.25, 0.3) is 15.9 Å². The topological polar surface area (TPSA) is 190 Å². The first-order valence-electron chi connectivity index (χ1n) is 8.67. The number of nitrogen functional groups attached to an aromatic ring is 1. The van der Waals surface area contributed by atoms with Crippen molar-refractivity contribution < 1.29 is 25.9 Å². The molecule has 0 saturated heterocycles. The van der Waals surface area contributed by atoms with Crippen molar-refractivity contribution in [3.8, 4) is 5.69 Å². The van der Waals surface area contributed by atoms with E-state index >= 15 is 0 Å². The number of para-hydroxylation sites is 1. The van der Waals surface area contributed by atoms with Crippen molar-refractivity contribution in [1.29, 1.82) is 0 Å². The highest BCUT2D eigenvalue weighted by Gasteiger charge is 2.19. The van der Waals surface area contributed by atoms with E-state index in [-0.39, 0.29) is 37.6 Å². The average Bonchev–Trinajstić information content (AvgIpc) is 3.25. The van der Waals surface area contributed by atoms with Gasteiger partial charge >= 0.3 is 0 Å². The summed E-state index contributed by atoms with van der Waals surface area (Å²) in [7, 11) is -8.87. The first-order chi connectivity index (χ1) is 14.9. The minimum absolute atomic E-state index is 0.0541. The fourth-order valence-corrected chi connectivity index (χ4v) is 4.94. The third-order valence-corrected chi connectivity index (χ3v) is 6.95. The normalized spacial score (nSPS) is 12.7. The highest BCUT2D eigenvalue weighted by atomic mass is 32.2. The van der Waals surface area contributed by atoms with Gasteiger partial charge in [0.15, 0.2) is 11.5 Å². The molecule has 0 unspecified atom stereocenters. The van der Waals surface area contributed by atoms with E-state index in [9.17, 15) is 25.9 Å². The lowest BCUT2D eigenvalue weighted by atomic mass is 10.3. The lowest BCUT2D eigenvalue weighted by Crippen LogP contribution is -2.04. The quantitative estimate of drug-likeness (QED) is 0.276. The summed E-state index contributed by atoms with van der Waals surface area (Å²) in [6.07, 6.45) is 0. The number of rotatable bonds is 5. The Morgan fingerprint density at radius 3 is 2.44 bits per heavy atom. The van der Waals surface area contributed by atoms with Gasteiger partial charge < -0.3 is 5.73 Å². The predicted octanol–water partition coefficient (Wildman–Crippen LogP) is 3.28. The van der Waals surface area contributed by atoms with Crippen LogP contribution in [0, 0.1) is 6.92 Å². The number of hydrogen-bond donors (Lipinski definition) is 3. The molecule has 0 aliphatic carbocycles. The van der Waals surface area contributed by atoms with Gasteiger partial charge in [0.1, 0.15) is 10.4 Å². The molecule has 2 aromatic carbocycles. The van der Waals surface area contributed by atoms with Crippen molar-refractivity contribution in [3.05, 3.63) is 48.2 Å². The second-order valence-electron chi connectivity index (χ2n) is 6.48. The van der Waals surface area contributed by atoms with E-state index in [1.807, 2.05) is 0 Å². The first kappa shape index (κ1) is 22.0. The number of benzene rings is 2. The van der Waals surface area contributed by atoms with Crippen LogP contribution >= 0.6 is 11.3 Å². The van der Waals surface area contributed by atoms with Gasteiger partial charge in [-0.3, -0.25) is 9.11 Å². The van der Waals surface area contributed by atoms with Gasteiger partial charge in [-0.15, -0.1) is 10.2 Å². The van der Waals surface area contributed by atoms with E-state index in [0.29, 0.717) is 10.4 Å². The fourth-order valence-electron chi connectivity index (χ4n) is 2.89. The third-order valence-electron chi connectivity index (χ3n) is 4.31. The molecule has 0 bridgehead atoms. The van der Waals surface area contributed by atoms with Crippen LogP contribution in [-0.4, -0.2) is 40.7 Å². The number of hydrogen-bond acceptors (Lipinski definition) is 10. The average molecular weight is 495 g/mol. The molecular weight excluding hydrogens is 480 g/mol. The molecule has 12 nitrogen and oxygen atoms in total. The summed E-state index contributed by atoms with van der Waals surface area (Å²) in [6, 6.07) is 9.71. The predicted molar refractivity (Wildman–Crippen MR) is 116 cm³/mol. The number of aryl methyl sites for hydroxylation is 1. The van der Waals surface area contributed by atoms with Crippen molar-refractivity contribution in [2.75, 3.05) is 5.73 Å². The van der Waals surface area contributed by atoms with Crippen molar-refractivity contribution in [1.82, 2.24) is 14.8 Å². The second-order valence-corrected chi connectivity index (χ2v) is 10.3. The number of azo groups is 1. The lowest BCUT2D eigenvalue weighted by molar-refractivity contribution is 0.481. The SMILES string of the molecule is Cc1nn(-c2cccc(S(=O)(=O)O)c2)c(N)c1/N=N/c1nc2c(S(=O)(=O)O)cccc2s1. The fraction of sp³-hybridized carbons (Fsp3) is 0.0588. The van der Waals surface area contributed by atoms with Crippen LogP contribution in [-0.2, 0) is 20.2 Å². The summed E-state index contributed by atoms with van der Waals surface area (Å²) in [5.74, 6) is 0.0541. The van der Waals surface area contributed by atoms with E-state index < -0.39 is 20.2 Å². The van der Waals surface area contributed by atoms with Gasteiger partial charge in [-0.1, -0.05) is 23.5 Å². The van der Waals surface area contributed by atoms with Gasteiger partial charge in [-0.05, 0) is 37.3 Å².